The molecule has 1 fully saturated rings. The summed E-state index contributed by atoms with van der Waals surface area (Å²) in [6, 6.07) is 0.320. The molecule has 0 aromatic heterocycles. The normalized spacial score (nSPS) is 25.0. The van der Waals surface area contributed by atoms with Gasteiger partial charge in [-0.2, -0.15) is 0 Å². The lowest BCUT2D eigenvalue weighted by atomic mass is 10.0. The van der Waals surface area contributed by atoms with Gasteiger partial charge >= 0.3 is 0 Å². The van der Waals surface area contributed by atoms with Gasteiger partial charge in [-0.15, -0.1) is 11.8 Å². The molecule has 0 saturated heterocycles. The summed E-state index contributed by atoms with van der Waals surface area (Å²) in [5.41, 5.74) is 7.02. The van der Waals surface area contributed by atoms with Gasteiger partial charge in [0.25, 0.3) is 0 Å². The van der Waals surface area contributed by atoms with Gasteiger partial charge in [0.15, 0.2) is 0 Å². The van der Waals surface area contributed by atoms with E-state index in [1.807, 2.05) is 6.92 Å². The monoisotopic (exact) mass is 193 g/mol. The van der Waals surface area contributed by atoms with Gasteiger partial charge in [-0.05, 0) is 30.1 Å². The molecular weight excluding hydrogens is 170 g/mol. The van der Waals surface area contributed by atoms with E-state index >= 15 is 0 Å². The fourth-order valence-electron chi connectivity index (χ4n) is 2.85. The summed E-state index contributed by atoms with van der Waals surface area (Å²) < 4.78 is 0. The van der Waals surface area contributed by atoms with Crippen molar-refractivity contribution in [2.75, 3.05) is 0 Å². The van der Waals surface area contributed by atoms with Crippen LogP contribution in [0.1, 0.15) is 47.5 Å². The summed E-state index contributed by atoms with van der Waals surface area (Å²) in [6.45, 7) is 11.2. The Morgan fingerprint density at radius 1 is 1.21 bits per heavy atom. The zero-order valence-corrected chi connectivity index (χ0v) is 10.1. The average molecular weight is 193 g/mol. The smallest absolute Gasteiger partial charge is 0.0103 e. The Bertz CT molecular complexity index is 251. The van der Waals surface area contributed by atoms with Crippen LogP contribution < -0.4 is 5.73 Å². The third kappa shape index (κ3) is 1.68. The first kappa shape index (κ1) is 11.6. The lowest BCUT2D eigenvalue weighted by Gasteiger charge is -2.11. The molecule has 1 aliphatic rings. The molecule has 0 spiro atoms. The van der Waals surface area contributed by atoms with Crippen LogP contribution in [0.15, 0.2) is 0 Å². The fourth-order valence-corrected chi connectivity index (χ4v) is 2.85. The number of rotatable bonds is 3. The van der Waals surface area contributed by atoms with Crippen LogP contribution in [-0.2, 0) is 0 Å². The molecular formula is C13H23N. The van der Waals surface area contributed by atoms with Crippen molar-refractivity contribution < 1.29 is 0 Å². The van der Waals surface area contributed by atoms with Gasteiger partial charge in [0.05, 0.1) is 0 Å². The zero-order chi connectivity index (χ0) is 11.0. The zero-order valence-electron chi connectivity index (χ0n) is 10.1. The van der Waals surface area contributed by atoms with E-state index in [4.69, 9.17) is 5.73 Å². The van der Waals surface area contributed by atoms with Crippen molar-refractivity contribution in [2.24, 2.45) is 22.5 Å². The van der Waals surface area contributed by atoms with E-state index in [0.29, 0.717) is 22.8 Å². The molecule has 1 aliphatic carbocycles. The molecule has 1 rings (SSSR count). The number of hydrogen-bond donors (Lipinski definition) is 1. The quantitative estimate of drug-likeness (QED) is 0.685. The van der Waals surface area contributed by atoms with Crippen molar-refractivity contribution >= 4 is 0 Å². The van der Waals surface area contributed by atoms with Crippen LogP contribution in [0.25, 0.3) is 0 Å². The second kappa shape index (κ2) is 3.59. The predicted octanol–water partition coefficient (Wildman–Crippen LogP) is 2.80. The first-order valence-electron chi connectivity index (χ1n) is 5.51. The van der Waals surface area contributed by atoms with E-state index in [-0.39, 0.29) is 0 Å². The molecule has 0 bridgehead atoms. The Morgan fingerprint density at radius 2 is 1.71 bits per heavy atom. The Morgan fingerprint density at radius 3 is 2.07 bits per heavy atom. The molecule has 0 amide bonds. The summed E-state index contributed by atoms with van der Waals surface area (Å²) in [6.07, 6.45) is 1.98. The van der Waals surface area contributed by atoms with Gasteiger partial charge in [0, 0.05) is 12.5 Å². The standard InChI is InChI=1S/C13H23N/c1-6-7-8-9-10(14)11-12(2,3)13(11,4)5/h10-11H,8-9,14H2,1-5H3. The van der Waals surface area contributed by atoms with E-state index in [1.165, 1.54) is 0 Å². The van der Waals surface area contributed by atoms with Crippen molar-refractivity contribution in [1.29, 1.82) is 0 Å². The Balaban J connectivity index is 2.47. The fraction of sp³-hybridized carbons (Fsp3) is 0.846. The highest BCUT2D eigenvalue weighted by Crippen LogP contribution is 2.69. The second-order valence-electron chi connectivity index (χ2n) is 5.55. The van der Waals surface area contributed by atoms with Gasteiger partial charge in [0.2, 0.25) is 0 Å². The highest BCUT2D eigenvalue weighted by atomic mass is 14.8. The highest BCUT2D eigenvalue weighted by molar-refractivity contribution is 5.16. The third-order valence-electron chi connectivity index (χ3n) is 4.34. The van der Waals surface area contributed by atoms with Crippen LogP contribution in [0.2, 0.25) is 0 Å². The topological polar surface area (TPSA) is 26.0 Å². The average Bonchev–Trinajstić information content (AvgIpc) is 2.43. The minimum absolute atomic E-state index is 0.320. The molecule has 1 saturated carbocycles. The molecule has 1 heteroatoms. The van der Waals surface area contributed by atoms with Crippen LogP contribution in [0.3, 0.4) is 0 Å². The van der Waals surface area contributed by atoms with Crippen molar-refractivity contribution in [1.82, 2.24) is 0 Å². The maximum Gasteiger partial charge on any atom is 0.0103 e. The van der Waals surface area contributed by atoms with Gasteiger partial charge in [-0.1, -0.05) is 27.7 Å². The summed E-state index contributed by atoms with van der Waals surface area (Å²) in [4.78, 5) is 0. The largest absolute Gasteiger partial charge is 0.327 e. The molecule has 1 nitrogen and oxygen atoms in total. The van der Waals surface area contributed by atoms with Crippen LogP contribution in [0, 0.1) is 28.6 Å². The van der Waals surface area contributed by atoms with E-state index < -0.39 is 0 Å². The van der Waals surface area contributed by atoms with E-state index in [9.17, 15) is 0 Å². The summed E-state index contributed by atoms with van der Waals surface area (Å²) in [7, 11) is 0. The molecule has 1 atom stereocenters. The van der Waals surface area contributed by atoms with Crippen LogP contribution in [0.4, 0.5) is 0 Å². The molecule has 0 radical (unpaired) electrons. The van der Waals surface area contributed by atoms with Crippen LogP contribution >= 0.6 is 0 Å². The molecule has 14 heavy (non-hydrogen) atoms. The van der Waals surface area contributed by atoms with E-state index in [2.05, 4.69) is 39.5 Å². The van der Waals surface area contributed by atoms with Crippen molar-refractivity contribution in [3.8, 4) is 11.8 Å². The molecule has 0 aromatic rings. The minimum atomic E-state index is 0.320. The first-order valence-corrected chi connectivity index (χ1v) is 5.51. The SMILES string of the molecule is CC#CCCC(N)C1C(C)(C)C1(C)C. The number of hydrogen-bond acceptors (Lipinski definition) is 1. The maximum atomic E-state index is 6.20. The Hall–Kier alpha value is -0.480. The summed E-state index contributed by atoms with van der Waals surface area (Å²) in [5, 5.41) is 0. The van der Waals surface area contributed by atoms with Gasteiger partial charge < -0.3 is 5.73 Å². The van der Waals surface area contributed by atoms with Crippen molar-refractivity contribution in [2.45, 2.75) is 53.5 Å². The second-order valence-corrected chi connectivity index (χ2v) is 5.55. The Kier molecular flexibility index (Phi) is 2.97. The van der Waals surface area contributed by atoms with Gasteiger partial charge in [-0.3, -0.25) is 0 Å². The minimum Gasteiger partial charge on any atom is -0.327 e. The van der Waals surface area contributed by atoms with Crippen molar-refractivity contribution in [3.05, 3.63) is 0 Å². The van der Waals surface area contributed by atoms with Crippen LogP contribution in [0.5, 0.6) is 0 Å². The summed E-state index contributed by atoms with van der Waals surface area (Å²) >= 11 is 0. The molecule has 2 N–H and O–H groups in total. The highest BCUT2D eigenvalue weighted by Gasteiger charge is 2.66. The first-order chi connectivity index (χ1) is 6.35. The Labute approximate surface area is 88.5 Å². The van der Waals surface area contributed by atoms with Gasteiger partial charge in [0.1, 0.15) is 0 Å². The van der Waals surface area contributed by atoms with Gasteiger partial charge in [-0.25, -0.2) is 0 Å². The summed E-state index contributed by atoms with van der Waals surface area (Å²) in [5.74, 6) is 6.67. The van der Waals surface area contributed by atoms with Crippen LogP contribution in [-0.4, -0.2) is 6.04 Å². The molecule has 80 valence electrons. The van der Waals surface area contributed by atoms with E-state index in [1.54, 1.807) is 0 Å². The number of nitrogens with two attached hydrogens (primary N) is 1. The van der Waals surface area contributed by atoms with E-state index in [0.717, 1.165) is 12.8 Å². The third-order valence-corrected chi connectivity index (χ3v) is 4.34. The predicted molar refractivity (Wildman–Crippen MR) is 61.7 cm³/mol. The molecule has 0 aromatic carbocycles. The lowest BCUT2D eigenvalue weighted by molar-refractivity contribution is 0.457. The molecule has 0 heterocycles. The molecule has 1 unspecified atom stereocenters. The maximum absolute atomic E-state index is 6.20. The molecule has 0 aliphatic heterocycles. The van der Waals surface area contributed by atoms with Crippen molar-refractivity contribution in [3.63, 3.8) is 0 Å². The lowest BCUT2D eigenvalue weighted by Crippen LogP contribution is -2.25.